The largest absolute Gasteiger partial charge is 0.392 e. The molecule has 0 aromatic rings. The summed E-state index contributed by atoms with van der Waals surface area (Å²) in [5, 5.41) is 0. The highest BCUT2D eigenvalue weighted by Crippen LogP contribution is 2.18. The van der Waals surface area contributed by atoms with Crippen molar-refractivity contribution in [3.8, 4) is 0 Å². The van der Waals surface area contributed by atoms with E-state index in [1.807, 2.05) is 6.92 Å². The number of hydrogen-bond acceptors (Lipinski definition) is 4. The Hall–Kier alpha value is -0.280. The van der Waals surface area contributed by atoms with Crippen molar-refractivity contribution in [2.75, 3.05) is 39.3 Å². The Kier molecular flexibility index (Phi) is 5.96. The number of rotatable bonds is 4. The molecule has 2 rings (SSSR count). The first kappa shape index (κ1) is 17.1. The van der Waals surface area contributed by atoms with Gasteiger partial charge in [-0.05, 0) is 19.8 Å². The minimum absolute atomic E-state index is 0.0306. The van der Waals surface area contributed by atoms with Crippen LogP contribution in [0.4, 0.5) is 0 Å². The van der Waals surface area contributed by atoms with Crippen molar-refractivity contribution in [3.63, 3.8) is 0 Å². The summed E-state index contributed by atoms with van der Waals surface area (Å²) in [7, 11) is -3.30. The van der Waals surface area contributed by atoms with Gasteiger partial charge in [0.2, 0.25) is 0 Å². The highest BCUT2D eigenvalue weighted by Gasteiger charge is 2.33. The Bertz CT molecular complexity index is 453. The molecule has 8 heteroatoms. The van der Waals surface area contributed by atoms with Gasteiger partial charge in [0.15, 0.2) is 0 Å². The molecule has 0 aromatic heterocycles. The molecular formula is C13H26N4O2S2. The fourth-order valence-corrected chi connectivity index (χ4v) is 4.76. The van der Waals surface area contributed by atoms with Crippen LogP contribution in [0.3, 0.4) is 0 Å². The van der Waals surface area contributed by atoms with E-state index in [-0.39, 0.29) is 6.04 Å². The predicted molar refractivity (Wildman–Crippen MR) is 88.4 cm³/mol. The molecule has 1 atom stereocenters. The molecule has 21 heavy (non-hydrogen) atoms. The van der Waals surface area contributed by atoms with E-state index in [9.17, 15) is 8.42 Å². The van der Waals surface area contributed by atoms with Crippen molar-refractivity contribution in [1.29, 1.82) is 0 Å². The molecule has 2 fully saturated rings. The highest BCUT2D eigenvalue weighted by atomic mass is 32.2. The van der Waals surface area contributed by atoms with Gasteiger partial charge < -0.3 is 5.73 Å². The van der Waals surface area contributed by atoms with Gasteiger partial charge in [0.1, 0.15) is 0 Å². The quantitative estimate of drug-likeness (QED) is 0.754. The van der Waals surface area contributed by atoms with E-state index in [1.165, 1.54) is 0 Å². The number of hydrogen-bond donors (Lipinski definition) is 1. The molecule has 0 aromatic carbocycles. The van der Waals surface area contributed by atoms with Crippen LogP contribution in [-0.2, 0) is 10.2 Å². The molecule has 2 aliphatic rings. The SMILES string of the molecule is CC(C(N)=S)N1CCN(S(=O)(=O)N2CCCCCC2)CC1. The third-order valence-electron chi connectivity index (χ3n) is 4.45. The zero-order valence-electron chi connectivity index (χ0n) is 12.7. The summed E-state index contributed by atoms with van der Waals surface area (Å²) in [4.78, 5) is 2.62. The molecule has 0 amide bonds. The fraction of sp³-hybridized carbons (Fsp3) is 0.923. The summed E-state index contributed by atoms with van der Waals surface area (Å²) in [6.45, 7) is 5.70. The molecule has 2 heterocycles. The molecule has 0 spiro atoms. The van der Waals surface area contributed by atoms with Gasteiger partial charge in [0.25, 0.3) is 10.2 Å². The van der Waals surface area contributed by atoms with Crippen molar-refractivity contribution in [1.82, 2.24) is 13.5 Å². The molecule has 0 bridgehead atoms. The van der Waals surface area contributed by atoms with Crippen LogP contribution >= 0.6 is 12.2 Å². The second-order valence-electron chi connectivity index (χ2n) is 5.83. The highest BCUT2D eigenvalue weighted by molar-refractivity contribution is 7.86. The van der Waals surface area contributed by atoms with Gasteiger partial charge in [-0.1, -0.05) is 25.1 Å². The first-order valence-electron chi connectivity index (χ1n) is 7.71. The van der Waals surface area contributed by atoms with E-state index in [0.29, 0.717) is 44.3 Å². The van der Waals surface area contributed by atoms with Gasteiger partial charge in [-0.2, -0.15) is 17.0 Å². The zero-order valence-corrected chi connectivity index (χ0v) is 14.3. The van der Waals surface area contributed by atoms with Crippen LogP contribution in [0.1, 0.15) is 32.6 Å². The molecule has 6 nitrogen and oxygen atoms in total. The number of nitrogens with zero attached hydrogens (tertiary/aromatic N) is 3. The lowest BCUT2D eigenvalue weighted by Crippen LogP contribution is -2.56. The Morgan fingerprint density at radius 2 is 1.43 bits per heavy atom. The maximum absolute atomic E-state index is 12.7. The van der Waals surface area contributed by atoms with Crippen LogP contribution < -0.4 is 5.73 Å². The second kappa shape index (κ2) is 7.32. The first-order chi connectivity index (χ1) is 9.93. The lowest BCUT2D eigenvalue weighted by Gasteiger charge is -2.38. The normalized spacial score (nSPS) is 25.4. The molecule has 0 saturated carbocycles. The predicted octanol–water partition coefficient (Wildman–Crippen LogP) is 0.399. The standard InChI is InChI=1S/C13H26N4O2S2/c1-12(13(14)20)15-8-10-17(11-9-15)21(18,19)16-6-4-2-3-5-7-16/h12H,2-11H2,1H3,(H2,14,20). The molecule has 2 aliphatic heterocycles. The van der Waals surface area contributed by atoms with Crippen LogP contribution in [0.25, 0.3) is 0 Å². The summed E-state index contributed by atoms with van der Waals surface area (Å²) < 4.78 is 28.6. The van der Waals surface area contributed by atoms with Crippen molar-refractivity contribution < 1.29 is 8.42 Å². The maximum Gasteiger partial charge on any atom is 0.282 e. The average Bonchev–Trinajstić information content (AvgIpc) is 2.76. The monoisotopic (exact) mass is 334 g/mol. The summed E-state index contributed by atoms with van der Waals surface area (Å²) in [6.07, 6.45) is 4.20. The molecule has 2 N–H and O–H groups in total. The summed E-state index contributed by atoms with van der Waals surface area (Å²) >= 11 is 5.02. The molecule has 0 radical (unpaired) electrons. The molecule has 0 aliphatic carbocycles. The molecule has 1 unspecified atom stereocenters. The van der Waals surface area contributed by atoms with Crippen LogP contribution in [0.2, 0.25) is 0 Å². The molecule has 122 valence electrons. The Morgan fingerprint density at radius 3 is 1.90 bits per heavy atom. The van der Waals surface area contributed by atoms with Crippen molar-refractivity contribution in [2.24, 2.45) is 5.73 Å². The average molecular weight is 335 g/mol. The van der Waals surface area contributed by atoms with Gasteiger partial charge in [0, 0.05) is 39.3 Å². The third-order valence-corrected chi connectivity index (χ3v) is 6.83. The summed E-state index contributed by atoms with van der Waals surface area (Å²) in [5.41, 5.74) is 5.67. The Balaban J connectivity index is 1.95. The minimum atomic E-state index is -3.30. The lowest BCUT2D eigenvalue weighted by molar-refractivity contribution is 0.168. The van der Waals surface area contributed by atoms with Crippen molar-refractivity contribution in [3.05, 3.63) is 0 Å². The first-order valence-corrected chi connectivity index (χ1v) is 9.52. The number of piperazine rings is 1. The number of thiocarbonyl (C=S) groups is 1. The van der Waals surface area contributed by atoms with E-state index >= 15 is 0 Å². The van der Waals surface area contributed by atoms with Crippen LogP contribution in [0.15, 0.2) is 0 Å². The van der Waals surface area contributed by atoms with E-state index in [0.717, 1.165) is 25.7 Å². The second-order valence-corrected chi connectivity index (χ2v) is 8.23. The van der Waals surface area contributed by atoms with Crippen LogP contribution in [0, 0.1) is 0 Å². The van der Waals surface area contributed by atoms with Gasteiger partial charge in [-0.15, -0.1) is 0 Å². The van der Waals surface area contributed by atoms with E-state index in [1.54, 1.807) is 8.61 Å². The van der Waals surface area contributed by atoms with Crippen LogP contribution in [0.5, 0.6) is 0 Å². The number of nitrogens with two attached hydrogens (primary N) is 1. The van der Waals surface area contributed by atoms with Crippen molar-refractivity contribution >= 4 is 27.4 Å². The maximum atomic E-state index is 12.7. The van der Waals surface area contributed by atoms with E-state index in [4.69, 9.17) is 18.0 Å². The molecular weight excluding hydrogens is 308 g/mol. The Labute approximate surface area is 133 Å². The van der Waals surface area contributed by atoms with Gasteiger partial charge in [-0.3, -0.25) is 4.90 Å². The van der Waals surface area contributed by atoms with Gasteiger partial charge >= 0.3 is 0 Å². The smallest absolute Gasteiger partial charge is 0.282 e. The topological polar surface area (TPSA) is 69.9 Å². The zero-order chi connectivity index (χ0) is 15.5. The van der Waals surface area contributed by atoms with E-state index < -0.39 is 10.2 Å². The summed E-state index contributed by atoms with van der Waals surface area (Å²) in [6, 6.07) is 0.0306. The fourth-order valence-electron chi connectivity index (χ4n) is 2.94. The minimum Gasteiger partial charge on any atom is -0.392 e. The third kappa shape index (κ3) is 4.13. The molecule has 2 saturated heterocycles. The van der Waals surface area contributed by atoms with Gasteiger partial charge in [0.05, 0.1) is 11.0 Å². The summed E-state index contributed by atoms with van der Waals surface area (Å²) in [5.74, 6) is 0. The Morgan fingerprint density at radius 1 is 0.952 bits per heavy atom. The van der Waals surface area contributed by atoms with Gasteiger partial charge in [-0.25, -0.2) is 0 Å². The van der Waals surface area contributed by atoms with Crippen LogP contribution in [-0.4, -0.2) is 72.2 Å². The van der Waals surface area contributed by atoms with E-state index in [2.05, 4.69) is 4.90 Å². The lowest BCUT2D eigenvalue weighted by atomic mass is 10.2. The van der Waals surface area contributed by atoms with Crippen molar-refractivity contribution in [2.45, 2.75) is 38.6 Å².